The van der Waals surface area contributed by atoms with Gasteiger partial charge in [0, 0.05) is 18.6 Å². The molecular formula is C11H15N5OS. The minimum Gasteiger partial charge on any atom is -0.506 e. The first-order valence-electron chi connectivity index (χ1n) is 5.35. The molecule has 0 saturated heterocycles. The van der Waals surface area contributed by atoms with Crippen LogP contribution in [0, 0.1) is 11.5 Å². The number of guanidine groups is 1. The lowest BCUT2D eigenvalue weighted by molar-refractivity contribution is 0.472. The summed E-state index contributed by atoms with van der Waals surface area (Å²) in [5.41, 5.74) is 0.922. The number of hydrogen-bond donors (Lipinski definition) is 3. The first-order chi connectivity index (χ1) is 8.76. The van der Waals surface area contributed by atoms with Crippen molar-refractivity contribution in [1.82, 2.24) is 15.6 Å². The van der Waals surface area contributed by atoms with Crippen LogP contribution in [0.4, 0.5) is 0 Å². The van der Waals surface area contributed by atoms with Gasteiger partial charge >= 0.3 is 0 Å². The van der Waals surface area contributed by atoms with Crippen molar-refractivity contribution in [3.8, 4) is 11.9 Å². The van der Waals surface area contributed by atoms with Gasteiger partial charge in [-0.2, -0.15) is 17.0 Å². The van der Waals surface area contributed by atoms with Crippen LogP contribution in [0.15, 0.2) is 23.3 Å². The van der Waals surface area contributed by atoms with E-state index >= 15 is 0 Å². The largest absolute Gasteiger partial charge is 0.506 e. The van der Waals surface area contributed by atoms with Crippen LogP contribution in [0.3, 0.4) is 0 Å². The molecule has 0 aliphatic rings. The monoisotopic (exact) mass is 265 g/mol. The van der Waals surface area contributed by atoms with E-state index in [4.69, 9.17) is 10.4 Å². The topological polar surface area (TPSA) is 93.3 Å². The predicted octanol–water partition coefficient (Wildman–Crippen LogP) is 0.666. The molecule has 1 rings (SSSR count). The lowest BCUT2D eigenvalue weighted by atomic mass is 10.4. The molecule has 0 bridgehead atoms. The second-order valence-electron chi connectivity index (χ2n) is 3.28. The van der Waals surface area contributed by atoms with Gasteiger partial charge in [-0.05, 0) is 12.1 Å². The maximum atomic E-state index is 9.08. The van der Waals surface area contributed by atoms with Crippen molar-refractivity contribution in [1.29, 1.82) is 5.26 Å². The lowest BCUT2D eigenvalue weighted by Crippen LogP contribution is -2.31. The Morgan fingerprint density at radius 2 is 2.44 bits per heavy atom. The van der Waals surface area contributed by atoms with Crippen molar-refractivity contribution in [3.63, 3.8) is 0 Å². The lowest BCUT2D eigenvalue weighted by Gasteiger charge is -2.02. The van der Waals surface area contributed by atoms with E-state index in [0.29, 0.717) is 12.5 Å². The number of thioether (sulfide) groups is 1. The molecule has 0 spiro atoms. The third kappa shape index (κ3) is 5.41. The highest BCUT2D eigenvalue weighted by atomic mass is 32.2. The molecule has 96 valence electrons. The highest BCUT2D eigenvalue weighted by molar-refractivity contribution is 7.98. The van der Waals surface area contributed by atoms with Crippen molar-refractivity contribution >= 4 is 17.7 Å². The van der Waals surface area contributed by atoms with Gasteiger partial charge in [-0.1, -0.05) is 0 Å². The predicted molar refractivity (Wildman–Crippen MR) is 72.2 cm³/mol. The number of hydrogen-bond acceptors (Lipinski definition) is 5. The molecule has 0 saturated carbocycles. The minimum atomic E-state index is 0.176. The van der Waals surface area contributed by atoms with Crippen LogP contribution < -0.4 is 10.6 Å². The summed E-state index contributed by atoms with van der Waals surface area (Å²) in [6.45, 7) is 0.619. The average Bonchev–Trinajstić information content (AvgIpc) is 2.39. The Hall–Kier alpha value is -1.94. The number of aliphatic imine (C=N–C) groups is 1. The van der Waals surface area contributed by atoms with Crippen molar-refractivity contribution in [3.05, 3.63) is 24.0 Å². The Morgan fingerprint density at radius 1 is 1.61 bits per heavy atom. The summed E-state index contributed by atoms with van der Waals surface area (Å²) < 4.78 is 0. The fourth-order valence-corrected chi connectivity index (χ4v) is 1.88. The fraction of sp³-hybridized carbons (Fsp3) is 0.364. The first kappa shape index (κ1) is 14.1. The van der Waals surface area contributed by atoms with Gasteiger partial charge in [-0.25, -0.2) is 0 Å². The normalized spacial score (nSPS) is 10.8. The van der Waals surface area contributed by atoms with E-state index in [1.165, 1.54) is 6.20 Å². The minimum absolute atomic E-state index is 0.176. The summed E-state index contributed by atoms with van der Waals surface area (Å²) in [6.07, 6.45) is 3.24. The van der Waals surface area contributed by atoms with Crippen LogP contribution in [0.2, 0.25) is 0 Å². The fourth-order valence-electron chi connectivity index (χ4n) is 1.13. The van der Waals surface area contributed by atoms with Gasteiger partial charge in [0.15, 0.2) is 6.19 Å². The third-order valence-corrected chi connectivity index (χ3v) is 2.95. The third-order valence-electron chi connectivity index (χ3n) is 1.98. The maximum Gasteiger partial charge on any atom is 0.204 e. The first-order valence-corrected chi connectivity index (χ1v) is 6.50. The Labute approximate surface area is 110 Å². The van der Waals surface area contributed by atoms with Crippen LogP contribution >= 0.6 is 11.8 Å². The number of rotatable bonds is 5. The number of aromatic hydroxyl groups is 1. The molecule has 0 fully saturated rings. The molecule has 0 aromatic carbocycles. The number of nitriles is 1. The van der Waals surface area contributed by atoms with Crippen molar-refractivity contribution in [2.24, 2.45) is 4.99 Å². The Bertz CT molecular complexity index is 426. The Balaban J connectivity index is 2.22. The van der Waals surface area contributed by atoms with Gasteiger partial charge in [0.25, 0.3) is 0 Å². The molecule has 0 aliphatic heterocycles. The van der Waals surface area contributed by atoms with Crippen molar-refractivity contribution in [2.75, 3.05) is 19.3 Å². The summed E-state index contributed by atoms with van der Waals surface area (Å²) >= 11 is 1.69. The molecule has 0 atom stereocenters. The highest BCUT2D eigenvalue weighted by Gasteiger charge is 1.96. The molecule has 1 aromatic heterocycles. The maximum absolute atomic E-state index is 9.08. The molecule has 1 heterocycles. The zero-order valence-electron chi connectivity index (χ0n) is 10.1. The summed E-state index contributed by atoms with van der Waals surface area (Å²) in [5.74, 6) is 2.26. The molecule has 1 aromatic rings. The van der Waals surface area contributed by atoms with E-state index in [2.05, 4.69) is 20.6 Å². The SMILES string of the molecule is CN/C(=N/CCSCc1ccc(O)cn1)NC#N. The van der Waals surface area contributed by atoms with Gasteiger partial charge in [0.05, 0.1) is 18.4 Å². The van der Waals surface area contributed by atoms with Crippen LogP contribution in [-0.2, 0) is 5.75 Å². The standard InChI is InChI=1S/C11H15N5OS/c1-13-11(16-8-12)14-4-5-18-7-9-2-3-10(17)6-15-9/h2-3,6,17H,4-5,7H2,1H3,(H2,13,14,16). The van der Waals surface area contributed by atoms with Gasteiger partial charge in [-0.3, -0.25) is 15.3 Å². The quantitative estimate of drug-likeness (QED) is 0.238. The van der Waals surface area contributed by atoms with Crippen LogP contribution in [0.1, 0.15) is 5.69 Å². The number of aromatic nitrogens is 1. The van der Waals surface area contributed by atoms with Crippen molar-refractivity contribution < 1.29 is 5.11 Å². The van der Waals surface area contributed by atoms with E-state index < -0.39 is 0 Å². The molecule has 0 amide bonds. The molecule has 18 heavy (non-hydrogen) atoms. The number of nitrogens with one attached hydrogen (secondary N) is 2. The van der Waals surface area contributed by atoms with Crippen molar-refractivity contribution in [2.45, 2.75) is 5.75 Å². The Kier molecular flexibility index (Phi) is 6.43. The summed E-state index contributed by atoms with van der Waals surface area (Å²) in [4.78, 5) is 8.25. The molecule has 0 unspecified atom stereocenters. The second kappa shape index (κ2) is 8.20. The summed E-state index contributed by atoms with van der Waals surface area (Å²) in [7, 11) is 1.71. The molecule has 6 nitrogen and oxygen atoms in total. The van der Waals surface area contributed by atoms with Gasteiger partial charge < -0.3 is 10.4 Å². The van der Waals surface area contributed by atoms with Crippen LogP contribution in [0.5, 0.6) is 5.75 Å². The van der Waals surface area contributed by atoms with Gasteiger partial charge in [0.2, 0.25) is 5.96 Å². The summed E-state index contributed by atoms with van der Waals surface area (Å²) in [5, 5.41) is 22.7. The molecule has 7 heteroatoms. The van der Waals surface area contributed by atoms with E-state index in [-0.39, 0.29) is 5.75 Å². The van der Waals surface area contributed by atoms with Crippen LogP contribution in [0.25, 0.3) is 0 Å². The van der Waals surface area contributed by atoms with E-state index in [9.17, 15) is 0 Å². The highest BCUT2D eigenvalue weighted by Crippen LogP contribution is 2.12. The molecule has 0 aliphatic carbocycles. The molecule has 3 N–H and O–H groups in total. The van der Waals surface area contributed by atoms with Gasteiger partial charge in [0.1, 0.15) is 5.75 Å². The van der Waals surface area contributed by atoms with E-state index in [1.54, 1.807) is 37.1 Å². The van der Waals surface area contributed by atoms with Crippen LogP contribution in [-0.4, -0.2) is 35.4 Å². The molecule has 0 radical (unpaired) electrons. The Morgan fingerprint density at radius 3 is 3.06 bits per heavy atom. The average molecular weight is 265 g/mol. The molecular weight excluding hydrogens is 250 g/mol. The summed E-state index contributed by atoms with van der Waals surface area (Å²) in [6, 6.07) is 3.42. The number of nitrogens with zero attached hydrogens (tertiary/aromatic N) is 3. The number of pyridine rings is 1. The zero-order valence-corrected chi connectivity index (χ0v) is 10.9. The second-order valence-corrected chi connectivity index (χ2v) is 4.38. The van der Waals surface area contributed by atoms with E-state index in [1.807, 2.05) is 0 Å². The van der Waals surface area contributed by atoms with Gasteiger partial charge in [-0.15, -0.1) is 0 Å². The smallest absolute Gasteiger partial charge is 0.204 e. The zero-order chi connectivity index (χ0) is 13.2. The van der Waals surface area contributed by atoms with E-state index in [0.717, 1.165) is 17.2 Å².